The third-order valence-electron chi connectivity index (χ3n) is 4.69. The Morgan fingerprint density at radius 3 is 2.30 bits per heavy atom. The van der Waals surface area contributed by atoms with Crippen LogP contribution in [-0.2, 0) is 14.8 Å². The first kappa shape index (κ1) is 24.6. The maximum absolute atomic E-state index is 12.6. The number of alkyl halides is 3. The smallest absolute Gasteiger partial charge is 0.379 e. The number of carbonyl (C=O) groups is 1. The van der Waals surface area contributed by atoms with E-state index < -0.39 is 28.7 Å². The first-order valence-electron chi connectivity index (χ1n) is 9.74. The van der Waals surface area contributed by atoms with Crippen molar-refractivity contribution in [2.45, 2.75) is 37.4 Å². The van der Waals surface area contributed by atoms with Crippen LogP contribution in [0.1, 0.15) is 30.6 Å². The summed E-state index contributed by atoms with van der Waals surface area (Å²) in [7, 11) is -3.83. The summed E-state index contributed by atoms with van der Waals surface area (Å²) in [5.41, 5.74) is -0.0517. The summed E-state index contributed by atoms with van der Waals surface area (Å²) in [5.74, 6) is -0.537. The molecular formula is C19H28F3N3O4S. The zero-order valence-corrected chi connectivity index (χ0v) is 17.9. The Balaban J connectivity index is 2.00. The Kier molecular flexibility index (Phi) is 8.65. The van der Waals surface area contributed by atoms with Gasteiger partial charge in [0, 0.05) is 31.2 Å². The van der Waals surface area contributed by atoms with E-state index in [1.807, 2.05) is 0 Å². The molecule has 1 fully saturated rings. The second-order valence-electron chi connectivity index (χ2n) is 7.61. The first-order chi connectivity index (χ1) is 14.0. The fraction of sp³-hybridized carbons (Fsp3) is 0.632. The number of sulfonamides is 1. The van der Waals surface area contributed by atoms with Crippen LogP contribution in [0.15, 0.2) is 29.2 Å². The molecule has 1 unspecified atom stereocenters. The number of nitrogens with zero attached hydrogens (tertiary/aromatic N) is 1. The van der Waals surface area contributed by atoms with Gasteiger partial charge in [0.15, 0.2) is 0 Å². The van der Waals surface area contributed by atoms with Crippen LogP contribution in [0.2, 0.25) is 0 Å². The summed E-state index contributed by atoms with van der Waals surface area (Å²) >= 11 is 0. The summed E-state index contributed by atoms with van der Waals surface area (Å²) in [5, 5.41) is 1.75. The van der Waals surface area contributed by atoms with Gasteiger partial charge >= 0.3 is 6.18 Å². The number of ether oxygens (including phenoxy) is 1. The van der Waals surface area contributed by atoms with E-state index in [1.54, 1.807) is 5.32 Å². The quantitative estimate of drug-likeness (QED) is 0.600. The van der Waals surface area contributed by atoms with Gasteiger partial charge in [0.05, 0.1) is 18.1 Å². The van der Waals surface area contributed by atoms with Gasteiger partial charge in [-0.25, -0.2) is 13.1 Å². The molecule has 1 heterocycles. The summed E-state index contributed by atoms with van der Waals surface area (Å²) in [6.45, 7) is 5.62. The van der Waals surface area contributed by atoms with Crippen LogP contribution in [0.5, 0.6) is 0 Å². The monoisotopic (exact) mass is 451 g/mol. The van der Waals surface area contributed by atoms with Gasteiger partial charge in [-0.05, 0) is 36.6 Å². The molecule has 1 amide bonds. The fourth-order valence-electron chi connectivity index (χ4n) is 3.21. The molecule has 11 heteroatoms. The summed E-state index contributed by atoms with van der Waals surface area (Å²) in [6, 6.07) is 4.81. The molecule has 30 heavy (non-hydrogen) atoms. The number of hydrogen-bond acceptors (Lipinski definition) is 5. The van der Waals surface area contributed by atoms with Crippen molar-refractivity contribution in [3.8, 4) is 0 Å². The number of carbonyl (C=O) groups excluding carboxylic acids is 1. The normalized spacial score (nSPS) is 17.1. The lowest BCUT2D eigenvalue weighted by atomic mass is 10.0. The van der Waals surface area contributed by atoms with E-state index in [-0.39, 0.29) is 23.0 Å². The lowest BCUT2D eigenvalue weighted by Gasteiger charge is -2.35. The Morgan fingerprint density at radius 1 is 1.17 bits per heavy atom. The van der Waals surface area contributed by atoms with Crippen LogP contribution in [0.3, 0.4) is 0 Å². The second kappa shape index (κ2) is 10.6. The molecule has 0 spiro atoms. The molecule has 2 rings (SSSR count). The largest absolute Gasteiger partial charge is 0.405 e. The van der Waals surface area contributed by atoms with Gasteiger partial charge in [0.1, 0.15) is 6.54 Å². The van der Waals surface area contributed by atoms with Gasteiger partial charge in [-0.2, -0.15) is 13.2 Å². The van der Waals surface area contributed by atoms with E-state index in [4.69, 9.17) is 4.74 Å². The standard InChI is InChI=1S/C19H28F3N3O4S/c1-14(2)11-16(25-7-9-29-10-8-25)12-24-30(27,28)17-5-3-15(4-6-17)18(26)23-13-19(20,21)22/h3-6,14,16,24H,7-13H2,1-2H3,(H,23,26). The van der Waals surface area contributed by atoms with E-state index in [0.29, 0.717) is 19.1 Å². The highest BCUT2D eigenvalue weighted by atomic mass is 32.2. The van der Waals surface area contributed by atoms with Crippen LogP contribution < -0.4 is 10.0 Å². The third-order valence-corrected chi connectivity index (χ3v) is 6.13. The Bertz CT molecular complexity index is 792. The molecule has 1 aliphatic heterocycles. The predicted molar refractivity (Wildman–Crippen MR) is 106 cm³/mol. The second-order valence-corrected chi connectivity index (χ2v) is 9.37. The number of amides is 1. The van der Waals surface area contributed by atoms with Crippen molar-refractivity contribution in [2.24, 2.45) is 5.92 Å². The van der Waals surface area contributed by atoms with Gasteiger partial charge < -0.3 is 10.1 Å². The summed E-state index contributed by atoms with van der Waals surface area (Å²) < 4.78 is 69.9. The number of nitrogens with one attached hydrogen (secondary N) is 2. The molecule has 7 nitrogen and oxygen atoms in total. The van der Waals surface area contributed by atoms with Gasteiger partial charge in [-0.15, -0.1) is 0 Å². The molecule has 1 atom stereocenters. The molecular weight excluding hydrogens is 423 g/mol. The van der Waals surface area contributed by atoms with E-state index in [2.05, 4.69) is 23.5 Å². The minimum atomic E-state index is -4.52. The minimum absolute atomic E-state index is 0.0242. The van der Waals surface area contributed by atoms with Crippen LogP contribution in [0.4, 0.5) is 13.2 Å². The lowest BCUT2D eigenvalue weighted by molar-refractivity contribution is -0.123. The maximum Gasteiger partial charge on any atom is 0.405 e. The molecule has 0 aliphatic carbocycles. The highest BCUT2D eigenvalue weighted by Crippen LogP contribution is 2.16. The van der Waals surface area contributed by atoms with Gasteiger partial charge in [-0.3, -0.25) is 9.69 Å². The number of halogens is 3. The molecule has 1 aliphatic rings. The van der Waals surface area contributed by atoms with Gasteiger partial charge in [-0.1, -0.05) is 13.8 Å². The number of benzene rings is 1. The molecule has 0 saturated carbocycles. The molecule has 2 N–H and O–H groups in total. The first-order valence-corrected chi connectivity index (χ1v) is 11.2. The van der Waals surface area contributed by atoms with Crippen molar-refractivity contribution in [2.75, 3.05) is 39.4 Å². The Morgan fingerprint density at radius 2 is 1.77 bits per heavy atom. The number of morpholine rings is 1. The van der Waals surface area contributed by atoms with Crippen LogP contribution in [0, 0.1) is 5.92 Å². The van der Waals surface area contributed by atoms with Crippen molar-refractivity contribution in [3.63, 3.8) is 0 Å². The van der Waals surface area contributed by atoms with Crippen molar-refractivity contribution in [3.05, 3.63) is 29.8 Å². The zero-order chi connectivity index (χ0) is 22.4. The van der Waals surface area contributed by atoms with E-state index in [0.717, 1.165) is 19.5 Å². The van der Waals surface area contributed by atoms with Crippen LogP contribution in [-0.4, -0.2) is 70.8 Å². The average Bonchev–Trinajstić information content (AvgIpc) is 2.69. The van der Waals surface area contributed by atoms with Crippen molar-refractivity contribution in [1.29, 1.82) is 0 Å². The molecule has 1 aromatic carbocycles. The van der Waals surface area contributed by atoms with Crippen LogP contribution >= 0.6 is 0 Å². The van der Waals surface area contributed by atoms with Crippen molar-refractivity contribution < 1.29 is 31.1 Å². The summed E-state index contributed by atoms with van der Waals surface area (Å²) in [6.07, 6.45) is -3.70. The van der Waals surface area contributed by atoms with E-state index in [9.17, 15) is 26.4 Å². The van der Waals surface area contributed by atoms with Crippen molar-refractivity contribution in [1.82, 2.24) is 14.9 Å². The SMILES string of the molecule is CC(C)CC(CNS(=O)(=O)c1ccc(C(=O)NCC(F)(F)F)cc1)N1CCOCC1. The van der Waals surface area contributed by atoms with Gasteiger partial charge in [0.25, 0.3) is 5.91 Å². The lowest BCUT2D eigenvalue weighted by Crippen LogP contribution is -2.49. The maximum atomic E-state index is 12.6. The highest BCUT2D eigenvalue weighted by molar-refractivity contribution is 7.89. The Labute approximate surface area is 175 Å². The summed E-state index contributed by atoms with van der Waals surface area (Å²) in [4.78, 5) is 13.9. The number of rotatable bonds is 9. The minimum Gasteiger partial charge on any atom is -0.379 e. The Hall–Kier alpha value is -1.69. The predicted octanol–water partition coefficient (Wildman–Crippen LogP) is 2.00. The highest BCUT2D eigenvalue weighted by Gasteiger charge is 2.28. The van der Waals surface area contributed by atoms with Crippen molar-refractivity contribution >= 4 is 15.9 Å². The molecule has 0 aromatic heterocycles. The molecule has 0 radical (unpaired) electrons. The molecule has 0 bridgehead atoms. The van der Waals surface area contributed by atoms with E-state index in [1.165, 1.54) is 24.3 Å². The third kappa shape index (κ3) is 7.86. The fourth-order valence-corrected chi connectivity index (χ4v) is 4.28. The zero-order valence-electron chi connectivity index (χ0n) is 17.0. The number of hydrogen-bond donors (Lipinski definition) is 2. The molecule has 170 valence electrons. The topological polar surface area (TPSA) is 87.7 Å². The molecule has 1 aromatic rings. The average molecular weight is 452 g/mol. The van der Waals surface area contributed by atoms with Gasteiger partial charge in [0.2, 0.25) is 10.0 Å². The van der Waals surface area contributed by atoms with Crippen LogP contribution in [0.25, 0.3) is 0 Å². The van der Waals surface area contributed by atoms with E-state index >= 15 is 0 Å². The molecule has 1 saturated heterocycles.